The summed E-state index contributed by atoms with van der Waals surface area (Å²) in [6.07, 6.45) is 0. The first-order chi connectivity index (χ1) is 6.79. The summed E-state index contributed by atoms with van der Waals surface area (Å²) in [6.45, 7) is 0.644. The fourth-order valence-corrected chi connectivity index (χ4v) is 1.49. The monoisotopic (exact) mass is 192 g/mol. The SMILES string of the molecule is COc1ccc([C@H]2CNC(=O)N2)cc1. The maximum atomic E-state index is 10.9. The van der Waals surface area contributed by atoms with E-state index in [1.165, 1.54) is 0 Å². The highest BCUT2D eigenvalue weighted by Crippen LogP contribution is 2.18. The Hall–Kier alpha value is -1.71. The third-order valence-electron chi connectivity index (χ3n) is 2.29. The number of carbonyl (C=O) groups excluding carboxylic acids is 1. The number of hydrogen-bond acceptors (Lipinski definition) is 2. The summed E-state index contributed by atoms with van der Waals surface area (Å²) < 4.78 is 5.05. The van der Waals surface area contributed by atoms with E-state index >= 15 is 0 Å². The maximum absolute atomic E-state index is 10.9. The van der Waals surface area contributed by atoms with Crippen molar-refractivity contribution in [2.24, 2.45) is 0 Å². The zero-order valence-corrected chi connectivity index (χ0v) is 7.91. The Morgan fingerprint density at radius 3 is 2.57 bits per heavy atom. The standard InChI is InChI=1S/C10H12N2O2/c1-14-8-4-2-7(3-5-8)9-6-11-10(13)12-9/h2-5,9H,6H2,1H3,(H2,11,12,13)/t9-/m1/s1. The lowest BCUT2D eigenvalue weighted by molar-refractivity contribution is 0.247. The molecule has 1 saturated heterocycles. The molecule has 1 heterocycles. The van der Waals surface area contributed by atoms with Gasteiger partial charge in [0.15, 0.2) is 0 Å². The molecule has 1 fully saturated rings. The van der Waals surface area contributed by atoms with Crippen molar-refractivity contribution in [3.05, 3.63) is 29.8 Å². The van der Waals surface area contributed by atoms with Crippen LogP contribution in [0.1, 0.15) is 11.6 Å². The van der Waals surface area contributed by atoms with Crippen LogP contribution < -0.4 is 15.4 Å². The van der Waals surface area contributed by atoms with Crippen molar-refractivity contribution in [1.29, 1.82) is 0 Å². The second-order valence-electron chi connectivity index (χ2n) is 3.18. The van der Waals surface area contributed by atoms with Crippen molar-refractivity contribution in [1.82, 2.24) is 10.6 Å². The van der Waals surface area contributed by atoms with E-state index in [2.05, 4.69) is 10.6 Å². The lowest BCUT2D eigenvalue weighted by Gasteiger charge is -2.09. The van der Waals surface area contributed by atoms with Crippen LogP contribution in [0.15, 0.2) is 24.3 Å². The smallest absolute Gasteiger partial charge is 0.315 e. The van der Waals surface area contributed by atoms with Gasteiger partial charge in [-0.05, 0) is 17.7 Å². The summed E-state index contributed by atoms with van der Waals surface area (Å²) >= 11 is 0. The fourth-order valence-electron chi connectivity index (χ4n) is 1.49. The van der Waals surface area contributed by atoms with Crippen molar-refractivity contribution in [2.75, 3.05) is 13.7 Å². The normalized spacial score (nSPS) is 20.1. The summed E-state index contributed by atoms with van der Waals surface area (Å²) in [7, 11) is 1.63. The van der Waals surface area contributed by atoms with Gasteiger partial charge >= 0.3 is 6.03 Å². The fraction of sp³-hybridized carbons (Fsp3) is 0.300. The predicted molar refractivity (Wildman–Crippen MR) is 52.3 cm³/mol. The lowest BCUT2D eigenvalue weighted by Crippen LogP contribution is -2.21. The number of amides is 2. The highest BCUT2D eigenvalue weighted by atomic mass is 16.5. The Morgan fingerprint density at radius 1 is 1.36 bits per heavy atom. The number of urea groups is 1. The molecule has 2 rings (SSSR count). The van der Waals surface area contributed by atoms with Crippen LogP contribution in [0.4, 0.5) is 4.79 Å². The van der Waals surface area contributed by atoms with Crippen molar-refractivity contribution >= 4 is 6.03 Å². The number of nitrogens with one attached hydrogen (secondary N) is 2. The molecule has 0 unspecified atom stereocenters. The summed E-state index contributed by atoms with van der Waals surface area (Å²) in [5.41, 5.74) is 1.09. The van der Waals surface area contributed by atoms with E-state index in [4.69, 9.17) is 4.74 Å². The molecule has 74 valence electrons. The molecule has 4 nitrogen and oxygen atoms in total. The molecule has 0 saturated carbocycles. The van der Waals surface area contributed by atoms with Gasteiger partial charge in [0, 0.05) is 6.54 Å². The number of methoxy groups -OCH3 is 1. The minimum absolute atomic E-state index is 0.0772. The van der Waals surface area contributed by atoms with Crippen LogP contribution in [-0.2, 0) is 0 Å². The molecule has 1 aliphatic rings. The van der Waals surface area contributed by atoms with Gasteiger partial charge in [0.25, 0.3) is 0 Å². The number of hydrogen-bond donors (Lipinski definition) is 2. The summed E-state index contributed by atoms with van der Waals surface area (Å²) in [5.74, 6) is 0.825. The van der Waals surface area contributed by atoms with Crippen LogP contribution in [0.2, 0.25) is 0 Å². The maximum Gasteiger partial charge on any atom is 0.315 e. The molecule has 1 aromatic rings. The Kier molecular flexibility index (Phi) is 2.26. The van der Waals surface area contributed by atoms with Crippen LogP contribution in [0.25, 0.3) is 0 Å². The molecule has 0 bridgehead atoms. The summed E-state index contributed by atoms with van der Waals surface area (Å²) in [6, 6.07) is 7.66. The first-order valence-corrected chi connectivity index (χ1v) is 4.48. The minimum Gasteiger partial charge on any atom is -0.497 e. The van der Waals surface area contributed by atoms with Gasteiger partial charge < -0.3 is 15.4 Å². The molecular formula is C10H12N2O2. The zero-order valence-electron chi connectivity index (χ0n) is 7.91. The second-order valence-corrected chi connectivity index (χ2v) is 3.18. The van der Waals surface area contributed by atoms with Gasteiger partial charge in [-0.3, -0.25) is 0 Å². The number of benzene rings is 1. The van der Waals surface area contributed by atoms with Crippen molar-refractivity contribution in [3.8, 4) is 5.75 Å². The van der Waals surface area contributed by atoms with Crippen LogP contribution >= 0.6 is 0 Å². The Morgan fingerprint density at radius 2 is 2.07 bits per heavy atom. The molecule has 0 spiro atoms. The van der Waals surface area contributed by atoms with Crippen molar-refractivity contribution in [2.45, 2.75) is 6.04 Å². The largest absolute Gasteiger partial charge is 0.497 e. The highest BCUT2D eigenvalue weighted by Gasteiger charge is 2.20. The van der Waals surface area contributed by atoms with E-state index < -0.39 is 0 Å². The van der Waals surface area contributed by atoms with Gasteiger partial charge in [-0.2, -0.15) is 0 Å². The van der Waals surface area contributed by atoms with Gasteiger partial charge in [-0.25, -0.2) is 4.79 Å². The second kappa shape index (κ2) is 3.57. The Labute approximate surface area is 82.3 Å². The minimum atomic E-state index is -0.106. The Bertz CT molecular complexity index is 334. The van der Waals surface area contributed by atoms with E-state index in [9.17, 15) is 4.79 Å². The molecule has 1 aromatic carbocycles. The molecule has 2 N–H and O–H groups in total. The van der Waals surface area contributed by atoms with Gasteiger partial charge in [0.05, 0.1) is 13.2 Å². The quantitative estimate of drug-likeness (QED) is 0.735. The molecule has 1 atom stereocenters. The topological polar surface area (TPSA) is 50.4 Å². The van der Waals surface area contributed by atoms with Crippen molar-refractivity contribution < 1.29 is 9.53 Å². The van der Waals surface area contributed by atoms with Crippen LogP contribution in [-0.4, -0.2) is 19.7 Å². The molecular weight excluding hydrogens is 180 g/mol. The molecule has 0 radical (unpaired) electrons. The predicted octanol–water partition coefficient (Wildman–Crippen LogP) is 1.05. The Balaban J connectivity index is 2.13. The van der Waals surface area contributed by atoms with E-state index in [0.717, 1.165) is 11.3 Å². The van der Waals surface area contributed by atoms with E-state index in [1.54, 1.807) is 7.11 Å². The third-order valence-corrected chi connectivity index (χ3v) is 2.29. The number of carbonyl (C=O) groups is 1. The van der Waals surface area contributed by atoms with Gasteiger partial charge in [-0.1, -0.05) is 12.1 Å². The number of ether oxygens (including phenoxy) is 1. The average Bonchev–Trinajstić information content (AvgIpc) is 2.65. The molecule has 4 heteroatoms. The van der Waals surface area contributed by atoms with Gasteiger partial charge in [-0.15, -0.1) is 0 Å². The van der Waals surface area contributed by atoms with E-state index in [-0.39, 0.29) is 12.1 Å². The summed E-state index contributed by atoms with van der Waals surface area (Å²) in [5, 5.41) is 5.53. The van der Waals surface area contributed by atoms with E-state index in [1.807, 2.05) is 24.3 Å². The van der Waals surface area contributed by atoms with Crippen LogP contribution in [0.5, 0.6) is 5.75 Å². The molecule has 1 aliphatic heterocycles. The number of rotatable bonds is 2. The van der Waals surface area contributed by atoms with Crippen LogP contribution in [0, 0.1) is 0 Å². The average molecular weight is 192 g/mol. The molecule has 2 amide bonds. The highest BCUT2D eigenvalue weighted by molar-refractivity contribution is 5.76. The first kappa shape index (κ1) is 8.87. The van der Waals surface area contributed by atoms with Crippen LogP contribution in [0.3, 0.4) is 0 Å². The van der Waals surface area contributed by atoms with Crippen molar-refractivity contribution in [3.63, 3.8) is 0 Å². The lowest BCUT2D eigenvalue weighted by atomic mass is 10.1. The third kappa shape index (κ3) is 1.64. The first-order valence-electron chi connectivity index (χ1n) is 4.48. The molecule has 14 heavy (non-hydrogen) atoms. The molecule has 0 aliphatic carbocycles. The van der Waals surface area contributed by atoms with E-state index in [0.29, 0.717) is 6.54 Å². The molecule has 0 aromatic heterocycles. The van der Waals surface area contributed by atoms with Gasteiger partial charge in [0.2, 0.25) is 0 Å². The zero-order chi connectivity index (χ0) is 9.97. The summed E-state index contributed by atoms with van der Waals surface area (Å²) in [4.78, 5) is 10.9. The van der Waals surface area contributed by atoms with Gasteiger partial charge in [0.1, 0.15) is 5.75 Å².